The first-order valence-electron chi connectivity index (χ1n) is 4.82. The van der Waals surface area contributed by atoms with Gasteiger partial charge in [0.2, 0.25) is 0 Å². The van der Waals surface area contributed by atoms with Crippen LogP contribution in [-0.2, 0) is 0 Å². The molecule has 0 amide bonds. The minimum atomic E-state index is -1.24. The minimum Gasteiger partial charge on any atom is -0.383 e. The molecule has 0 aliphatic carbocycles. The van der Waals surface area contributed by atoms with Gasteiger partial charge in [-0.1, -0.05) is 17.7 Å². The van der Waals surface area contributed by atoms with Gasteiger partial charge >= 0.3 is 0 Å². The highest BCUT2D eigenvalue weighted by Crippen LogP contribution is 2.29. The maximum atomic E-state index is 13.4. The van der Waals surface area contributed by atoms with Gasteiger partial charge < -0.3 is 5.11 Å². The average molecular weight is 256 g/mol. The van der Waals surface area contributed by atoms with Gasteiger partial charge in [-0.2, -0.15) is 0 Å². The molecule has 1 heterocycles. The lowest BCUT2D eigenvalue weighted by atomic mass is 10.0. The molecular weight excluding hydrogens is 248 g/mol. The van der Waals surface area contributed by atoms with E-state index in [-0.39, 0.29) is 16.1 Å². The first-order chi connectivity index (χ1) is 8.09. The number of aliphatic hydroxyl groups is 1. The van der Waals surface area contributed by atoms with Crippen LogP contribution in [0, 0.1) is 11.6 Å². The van der Waals surface area contributed by atoms with E-state index in [1.807, 2.05) is 0 Å². The number of hydrogen-bond acceptors (Lipinski definition) is 2. The number of hydrogen-bond donors (Lipinski definition) is 1. The van der Waals surface area contributed by atoms with E-state index in [0.717, 1.165) is 18.3 Å². The van der Waals surface area contributed by atoms with Gasteiger partial charge in [-0.3, -0.25) is 4.98 Å². The second-order valence-electron chi connectivity index (χ2n) is 3.47. The number of halogens is 3. The molecule has 17 heavy (non-hydrogen) atoms. The molecule has 1 unspecified atom stereocenters. The summed E-state index contributed by atoms with van der Waals surface area (Å²) in [5.74, 6) is -1.15. The topological polar surface area (TPSA) is 33.1 Å². The van der Waals surface area contributed by atoms with Crippen molar-refractivity contribution in [3.05, 3.63) is 64.4 Å². The molecule has 88 valence electrons. The monoisotopic (exact) mass is 255 g/mol. The highest BCUT2D eigenvalue weighted by Gasteiger charge is 2.17. The van der Waals surface area contributed by atoms with Crippen molar-refractivity contribution in [2.45, 2.75) is 6.10 Å². The summed E-state index contributed by atoms with van der Waals surface area (Å²) in [5.41, 5.74) is 0.298. The van der Waals surface area contributed by atoms with E-state index >= 15 is 0 Å². The molecule has 2 aromatic rings. The Morgan fingerprint density at radius 2 is 1.94 bits per heavy atom. The third-order valence-corrected chi connectivity index (χ3v) is 2.68. The molecule has 0 saturated heterocycles. The summed E-state index contributed by atoms with van der Waals surface area (Å²) in [7, 11) is 0. The van der Waals surface area contributed by atoms with Crippen LogP contribution in [0.4, 0.5) is 8.78 Å². The molecule has 0 radical (unpaired) electrons. The summed E-state index contributed by atoms with van der Waals surface area (Å²) in [5, 5.41) is 10.0. The third kappa shape index (κ3) is 2.43. The molecule has 2 rings (SSSR count). The number of nitrogens with zero attached hydrogens (tertiary/aromatic N) is 1. The molecule has 0 fully saturated rings. The molecule has 1 aromatic heterocycles. The van der Waals surface area contributed by atoms with Crippen LogP contribution in [0.1, 0.15) is 17.2 Å². The van der Waals surface area contributed by atoms with Gasteiger partial charge in [0.25, 0.3) is 0 Å². The number of aliphatic hydroxyl groups excluding tert-OH is 1. The molecule has 2 nitrogen and oxygen atoms in total. The van der Waals surface area contributed by atoms with E-state index in [4.69, 9.17) is 11.6 Å². The van der Waals surface area contributed by atoms with Crippen LogP contribution < -0.4 is 0 Å². The summed E-state index contributed by atoms with van der Waals surface area (Å²) in [6, 6.07) is 4.89. The number of aromatic nitrogens is 1. The maximum absolute atomic E-state index is 13.4. The van der Waals surface area contributed by atoms with Crippen LogP contribution in [0.2, 0.25) is 5.02 Å². The first kappa shape index (κ1) is 12.0. The van der Waals surface area contributed by atoms with Crippen molar-refractivity contribution in [1.29, 1.82) is 0 Å². The Balaban J connectivity index is 2.44. The zero-order valence-corrected chi connectivity index (χ0v) is 9.33. The van der Waals surface area contributed by atoms with E-state index in [1.165, 1.54) is 18.3 Å². The Morgan fingerprint density at radius 1 is 1.18 bits per heavy atom. The fraction of sp³-hybridized carbons (Fsp3) is 0.0833. The van der Waals surface area contributed by atoms with Crippen LogP contribution in [0.5, 0.6) is 0 Å². The normalized spacial score (nSPS) is 12.5. The second-order valence-corrected chi connectivity index (χ2v) is 3.87. The van der Waals surface area contributed by atoms with Crippen molar-refractivity contribution in [2.75, 3.05) is 0 Å². The highest BCUT2D eigenvalue weighted by molar-refractivity contribution is 6.31. The lowest BCUT2D eigenvalue weighted by Gasteiger charge is -2.13. The predicted molar refractivity (Wildman–Crippen MR) is 59.7 cm³/mol. The molecule has 1 aromatic carbocycles. The van der Waals surface area contributed by atoms with Gasteiger partial charge in [0.1, 0.15) is 17.7 Å². The molecular formula is C12H8ClF2NO. The summed E-state index contributed by atoms with van der Waals surface area (Å²) in [6.45, 7) is 0. The number of rotatable bonds is 2. The van der Waals surface area contributed by atoms with Gasteiger partial charge in [0.05, 0.1) is 6.20 Å². The number of benzene rings is 1. The molecule has 0 saturated carbocycles. The lowest BCUT2D eigenvalue weighted by Crippen LogP contribution is -2.03. The minimum absolute atomic E-state index is 0.0495. The van der Waals surface area contributed by atoms with Crippen molar-refractivity contribution >= 4 is 11.6 Å². The Bertz CT molecular complexity index is 548. The third-order valence-electron chi connectivity index (χ3n) is 2.36. The van der Waals surface area contributed by atoms with Crippen molar-refractivity contribution < 1.29 is 13.9 Å². The Morgan fingerprint density at radius 3 is 2.59 bits per heavy atom. The van der Waals surface area contributed by atoms with Gasteiger partial charge in [0.15, 0.2) is 0 Å². The van der Waals surface area contributed by atoms with Crippen molar-refractivity contribution in [3.8, 4) is 0 Å². The Hall–Kier alpha value is -1.52. The molecule has 0 aliphatic rings. The van der Waals surface area contributed by atoms with Crippen LogP contribution in [0.15, 0.2) is 36.7 Å². The second kappa shape index (κ2) is 4.77. The molecule has 0 aliphatic heterocycles. The quantitative estimate of drug-likeness (QED) is 0.895. The Kier molecular flexibility index (Phi) is 3.36. The van der Waals surface area contributed by atoms with E-state index in [2.05, 4.69) is 4.98 Å². The lowest BCUT2D eigenvalue weighted by molar-refractivity contribution is 0.214. The van der Waals surface area contributed by atoms with Crippen LogP contribution in [-0.4, -0.2) is 10.1 Å². The van der Waals surface area contributed by atoms with Crippen molar-refractivity contribution in [1.82, 2.24) is 4.98 Å². The average Bonchev–Trinajstić information content (AvgIpc) is 2.29. The van der Waals surface area contributed by atoms with Gasteiger partial charge in [-0.05, 0) is 18.2 Å². The van der Waals surface area contributed by atoms with Gasteiger partial charge in [-0.15, -0.1) is 0 Å². The maximum Gasteiger partial charge on any atom is 0.147 e. The first-order valence-corrected chi connectivity index (χ1v) is 5.20. The summed E-state index contributed by atoms with van der Waals surface area (Å²) < 4.78 is 26.2. The smallest absolute Gasteiger partial charge is 0.147 e. The molecule has 1 atom stereocenters. The van der Waals surface area contributed by atoms with Crippen LogP contribution in [0.25, 0.3) is 0 Å². The highest BCUT2D eigenvalue weighted by atomic mass is 35.5. The zero-order chi connectivity index (χ0) is 12.4. The fourth-order valence-electron chi connectivity index (χ4n) is 1.50. The molecule has 5 heteroatoms. The SMILES string of the molecule is OC(c1ccncc1F)c1ccc(F)cc1Cl. The predicted octanol–water partition coefficient (Wildman–Crippen LogP) is 3.09. The van der Waals surface area contributed by atoms with Crippen molar-refractivity contribution in [3.63, 3.8) is 0 Å². The standard InChI is InChI=1S/C12H8ClF2NO/c13-10-5-7(14)1-2-8(10)12(17)9-3-4-16-6-11(9)15/h1-6,12,17H. The molecule has 0 spiro atoms. The fourth-order valence-corrected chi connectivity index (χ4v) is 1.77. The Labute approximate surface area is 102 Å². The molecule has 1 N–H and O–H groups in total. The summed E-state index contributed by atoms with van der Waals surface area (Å²) >= 11 is 5.79. The largest absolute Gasteiger partial charge is 0.383 e. The van der Waals surface area contributed by atoms with Crippen molar-refractivity contribution in [2.24, 2.45) is 0 Å². The van der Waals surface area contributed by atoms with E-state index in [1.54, 1.807) is 0 Å². The summed E-state index contributed by atoms with van der Waals surface area (Å²) in [4.78, 5) is 3.58. The summed E-state index contributed by atoms with van der Waals surface area (Å²) in [6.07, 6.45) is 1.11. The van der Waals surface area contributed by atoms with Crippen LogP contribution in [0.3, 0.4) is 0 Å². The van der Waals surface area contributed by atoms with E-state index in [0.29, 0.717) is 0 Å². The number of pyridine rings is 1. The molecule has 0 bridgehead atoms. The van der Waals surface area contributed by atoms with Gasteiger partial charge in [-0.25, -0.2) is 8.78 Å². The van der Waals surface area contributed by atoms with Gasteiger partial charge in [0, 0.05) is 22.3 Å². The van der Waals surface area contributed by atoms with E-state index < -0.39 is 17.7 Å². The zero-order valence-electron chi connectivity index (χ0n) is 8.57. The van der Waals surface area contributed by atoms with E-state index in [9.17, 15) is 13.9 Å². The van der Waals surface area contributed by atoms with Crippen LogP contribution >= 0.6 is 11.6 Å².